The lowest BCUT2D eigenvalue weighted by atomic mass is 10.2. The summed E-state index contributed by atoms with van der Waals surface area (Å²) in [5.74, 6) is 0.219. The zero-order valence-corrected chi connectivity index (χ0v) is 7.60. The highest BCUT2D eigenvalue weighted by Gasteiger charge is 2.07. The van der Waals surface area contributed by atoms with Crippen LogP contribution in [0.5, 0.6) is 0 Å². The molecule has 0 aromatic heterocycles. The monoisotopic (exact) mass is 194 g/mol. The molecule has 0 amide bonds. The van der Waals surface area contributed by atoms with Crippen LogP contribution < -0.4 is 11.2 Å². The molecule has 0 spiro atoms. The molecule has 0 saturated heterocycles. The number of hydrazone groups is 1. The summed E-state index contributed by atoms with van der Waals surface area (Å²) >= 11 is 0. The highest BCUT2D eigenvalue weighted by Crippen LogP contribution is 2.12. The van der Waals surface area contributed by atoms with Crippen molar-refractivity contribution in [2.45, 2.75) is 0 Å². The molecule has 0 atom stereocenters. The van der Waals surface area contributed by atoms with Gasteiger partial charge in [-0.05, 0) is 0 Å². The fourth-order valence-electron chi connectivity index (χ4n) is 0.964. The molecule has 0 radical (unpaired) electrons. The zero-order chi connectivity index (χ0) is 10.6. The Kier molecular flexibility index (Phi) is 3.01. The summed E-state index contributed by atoms with van der Waals surface area (Å²) in [4.78, 5) is 9.97. The molecule has 1 aromatic rings. The second kappa shape index (κ2) is 4.22. The van der Waals surface area contributed by atoms with Crippen LogP contribution in [0.2, 0.25) is 0 Å². The fourth-order valence-corrected chi connectivity index (χ4v) is 0.964. The molecule has 0 bridgehead atoms. The lowest BCUT2D eigenvalue weighted by Crippen LogP contribution is -2.17. The standard InChI is InChI=1S/C8H10N4O2/c1-10-11-8(9)6-3-2-4-7(5-6)12(13)14/h2-5,10H,1H3,(H2,9,11). The summed E-state index contributed by atoms with van der Waals surface area (Å²) in [7, 11) is 1.60. The number of non-ortho nitro benzene ring substituents is 1. The minimum Gasteiger partial charge on any atom is -0.382 e. The number of nitro groups is 1. The number of nitro benzene ring substituents is 1. The summed E-state index contributed by atoms with van der Waals surface area (Å²) in [6, 6.07) is 5.99. The number of nitrogens with two attached hydrogens (primary N) is 1. The van der Waals surface area contributed by atoms with Crippen LogP contribution in [0, 0.1) is 10.1 Å². The first-order valence-corrected chi connectivity index (χ1v) is 3.90. The summed E-state index contributed by atoms with van der Waals surface area (Å²) in [6.45, 7) is 0. The molecular formula is C8H10N4O2. The van der Waals surface area contributed by atoms with Crippen LogP contribution in [-0.4, -0.2) is 17.8 Å². The van der Waals surface area contributed by atoms with Gasteiger partial charge in [0.15, 0.2) is 5.84 Å². The quantitative estimate of drug-likeness (QED) is 0.316. The molecule has 6 nitrogen and oxygen atoms in total. The Labute approximate surface area is 80.6 Å². The van der Waals surface area contributed by atoms with E-state index in [0.717, 1.165) is 0 Å². The van der Waals surface area contributed by atoms with Crippen LogP contribution >= 0.6 is 0 Å². The van der Waals surface area contributed by atoms with E-state index < -0.39 is 4.92 Å². The second-order valence-electron chi connectivity index (χ2n) is 2.53. The van der Waals surface area contributed by atoms with Gasteiger partial charge in [0.2, 0.25) is 0 Å². The third kappa shape index (κ3) is 2.19. The molecule has 1 aromatic carbocycles. The summed E-state index contributed by atoms with van der Waals surface area (Å²) < 4.78 is 0. The Morgan fingerprint density at radius 1 is 1.64 bits per heavy atom. The number of rotatable bonds is 3. The first-order valence-electron chi connectivity index (χ1n) is 3.90. The minimum atomic E-state index is -0.476. The van der Waals surface area contributed by atoms with E-state index in [9.17, 15) is 10.1 Å². The van der Waals surface area contributed by atoms with Crippen LogP contribution in [0.4, 0.5) is 5.69 Å². The van der Waals surface area contributed by atoms with Crippen LogP contribution in [0.3, 0.4) is 0 Å². The van der Waals surface area contributed by atoms with Gasteiger partial charge < -0.3 is 11.2 Å². The normalized spacial score (nSPS) is 11.1. The van der Waals surface area contributed by atoms with E-state index in [4.69, 9.17) is 5.73 Å². The average molecular weight is 194 g/mol. The smallest absolute Gasteiger partial charge is 0.270 e. The Morgan fingerprint density at radius 3 is 2.93 bits per heavy atom. The summed E-state index contributed by atoms with van der Waals surface area (Å²) in [6.07, 6.45) is 0. The summed E-state index contributed by atoms with van der Waals surface area (Å²) in [5, 5.41) is 14.2. The number of benzene rings is 1. The highest BCUT2D eigenvalue weighted by molar-refractivity contribution is 5.97. The SMILES string of the molecule is CN/N=C(\N)c1cccc([N+](=O)[O-])c1. The van der Waals surface area contributed by atoms with E-state index in [2.05, 4.69) is 10.5 Å². The van der Waals surface area contributed by atoms with Gasteiger partial charge >= 0.3 is 0 Å². The molecule has 0 aliphatic carbocycles. The zero-order valence-electron chi connectivity index (χ0n) is 7.60. The molecular weight excluding hydrogens is 184 g/mol. The van der Waals surface area contributed by atoms with Crippen molar-refractivity contribution in [3.63, 3.8) is 0 Å². The number of nitrogens with zero attached hydrogens (tertiary/aromatic N) is 2. The lowest BCUT2D eigenvalue weighted by molar-refractivity contribution is -0.384. The molecule has 6 heteroatoms. The van der Waals surface area contributed by atoms with Crippen molar-refractivity contribution in [3.8, 4) is 0 Å². The van der Waals surface area contributed by atoms with Crippen LogP contribution in [-0.2, 0) is 0 Å². The van der Waals surface area contributed by atoms with E-state index in [-0.39, 0.29) is 11.5 Å². The second-order valence-corrected chi connectivity index (χ2v) is 2.53. The van der Waals surface area contributed by atoms with Crippen molar-refractivity contribution in [1.82, 2.24) is 5.43 Å². The lowest BCUT2D eigenvalue weighted by Gasteiger charge is -1.99. The average Bonchev–Trinajstić information content (AvgIpc) is 2.18. The van der Waals surface area contributed by atoms with E-state index in [1.54, 1.807) is 19.2 Å². The van der Waals surface area contributed by atoms with Crippen LogP contribution in [0.1, 0.15) is 5.56 Å². The Hall–Kier alpha value is -2.11. The molecule has 0 aliphatic heterocycles. The molecule has 0 unspecified atom stereocenters. The maximum atomic E-state index is 10.4. The molecule has 0 aliphatic rings. The van der Waals surface area contributed by atoms with Gasteiger partial charge in [-0.2, -0.15) is 5.10 Å². The third-order valence-electron chi connectivity index (χ3n) is 1.58. The van der Waals surface area contributed by atoms with Crippen molar-refractivity contribution in [2.75, 3.05) is 7.05 Å². The van der Waals surface area contributed by atoms with E-state index in [1.165, 1.54) is 12.1 Å². The van der Waals surface area contributed by atoms with Gasteiger partial charge in [0.05, 0.1) is 4.92 Å². The molecule has 74 valence electrons. The van der Waals surface area contributed by atoms with Crippen molar-refractivity contribution in [1.29, 1.82) is 0 Å². The van der Waals surface area contributed by atoms with Gasteiger partial charge in [0.25, 0.3) is 5.69 Å². The van der Waals surface area contributed by atoms with Gasteiger partial charge in [0, 0.05) is 24.7 Å². The minimum absolute atomic E-state index is 0.00301. The number of amidine groups is 1. The molecule has 1 rings (SSSR count). The van der Waals surface area contributed by atoms with Crippen LogP contribution in [0.25, 0.3) is 0 Å². The highest BCUT2D eigenvalue weighted by atomic mass is 16.6. The van der Waals surface area contributed by atoms with E-state index in [1.807, 2.05) is 0 Å². The van der Waals surface area contributed by atoms with E-state index >= 15 is 0 Å². The molecule has 0 saturated carbocycles. The topological polar surface area (TPSA) is 93.5 Å². The van der Waals surface area contributed by atoms with Crippen molar-refractivity contribution in [3.05, 3.63) is 39.9 Å². The first-order chi connectivity index (χ1) is 6.65. The van der Waals surface area contributed by atoms with Crippen molar-refractivity contribution >= 4 is 11.5 Å². The first kappa shape index (κ1) is 9.97. The van der Waals surface area contributed by atoms with E-state index in [0.29, 0.717) is 5.56 Å². The predicted molar refractivity (Wildman–Crippen MR) is 52.9 cm³/mol. The van der Waals surface area contributed by atoms with Gasteiger partial charge in [0.1, 0.15) is 0 Å². The van der Waals surface area contributed by atoms with Gasteiger partial charge in [-0.3, -0.25) is 10.1 Å². The maximum absolute atomic E-state index is 10.4. The summed E-state index contributed by atoms with van der Waals surface area (Å²) in [5.41, 5.74) is 8.57. The molecule has 0 fully saturated rings. The predicted octanol–water partition coefficient (Wildman–Crippen LogP) is 0.435. The Balaban J connectivity index is 3.05. The number of nitrogens with one attached hydrogen (secondary N) is 1. The Bertz CT molecular complexity index is 375. The van der Waals surface area contributed by atoms with Crippen molar-refractivity contribution < 1.29 is 4.92 Å². The van der Waals surface area contributed by atoms with Gasteiger partial charge in [-0.1, -0.05) is 12.1 Å². The molecule has 3 N–H and O–H groups in total. The Morgan fingerprint density at radius 2 is 2.36 bits per heavy atom. The number of hydrogen-bond acceptors (Lipinski definition) is 4. The third-order valence-corrected chi connectivity index (χ3v) is 1.58. The molecule has 14 heavy (non-hydrogen) atoms. The fraction of sp³-hybridized carbons (Fsp3) is 0.125. The maximum Gasteiger partial charge on any atom is 0.270 e. The van der Waals surface area contributed by atoms with Crippen molar-refractivity contribution in [2.24, 2.45) is 10.8 Å². The number of hydrogen-bond donors (Lipinski definition) is 2. The molecule has 0 heterocycles. The van der Waals surface area contributed by atoms with Gasteiger partial charge in [-0.15, -0.1) is 0 Å². The largest absolute Gasteiger partial charge is 0.382 e. The van der Waals surface area contributed by atoms with Gasteiger partial charge in [-0.25, -0.2) is 0 Å². The van der Waals surface area contributed by atoms with Crippen LogP contribution in [0.15, 0.2) is 29.4 Å².